The molecule has 0 aliphatic carbocycles. The molecule has 0 atom stereocenters. The van der Waals surface area contributed by atoms with Gasteiger partial charge in [0.2, 0.25) is 4.80 Å². The normalized spacial score (nSPS) is 12.4. The van der Waals surface area contributed by atoms with Crippen LogP contribution in [0.5, 0.6) is 0 Å². The van der Waals surface area contributed by atoms with E-state index in [1.165, 1.54) is 4.88 Å². The van der Waals surface area contributed by atoms with Crippen molar-refractivity contribution in [3.63, 3.8) is 0 Å². The van der Waals surface area contributed by atoms with Crippen LogP contribution in [0.25, 0.3) is 21.5 Å². The van der Waals surface area contributed by atoms with E-state index >= 15 is 0 Å². The SMILES string of the molecule is C=CCN=c1scc(-c2cccs2)n1N=Cc1c[nH]c2ccc(Br)cc12. The number of halogens is 1. The van der Waals surface area contributed by atoms with E-state index < -0.39 is 0 Å². The van der Waals surface area contributed by atoms with Crippen molar-refractivity contribution in [3.8, 4) is 10.6 Å². The minimum absolute atomic E-state index is 0.569. The van der Waals surface area contributed by atoms with Gasteiger partial charge in [0.15, 0.2) is 0 Å². The summed E-state index contributed by atoms with van der Waals surface area (Å²) in [5.74, 6) is 0. The Kier molecular flexibility index (Phi) is 5.01. The third-order valence-electron chi connectivity index (χ3n) is 3.80. The quantitative estimate of drug-likeness (QED) is 0.313. The second-order valence-electron chi connectivity index (χ2n) is 5.50. The highest BCUT2D eigenvalue weighted by Gasteiger charge is 2.08. The van der Waals surface area contributed by atoms with Crippen molar-refractivity contribution in [3.05, 3.63) is 74.8 Å². The molecule has 0 amide bonds. The third-order valence-corrected chi connectivity index (χ3v) is 6.04. The van der Waals surface area contributed by atoms with Crippen molar-refractivity contribution >= 4 is 55.7 Å². The highest BCUT2D eigenvalue weighted by Crippen LogP contribution is 2.25. The van der Waals surface area contributed by atoms with E-state index in [1.54, 1.807) is 28.7 Å². The minimum atomic E-state index is 0.569. The van der Waals surface area contributed by atoms with E-state index in [2.05, 4.69) is 61.4 Å². The van der Waals surface area contributed by atoms with Crippen LogP contribution < -0.4 is 4.80 Å². The largest absolute Gasteiger partial charge is 0.361 e. The number of thiophene rings is 1. The second-order valence-corrected chi connectivity index (χ2v) is 8.20. The van der Waals surface area contributed by atoms with Crippen LogP contribution >= 0.6 is 38.6 Å². The van der Waals surface area contributed by atoms with Crippen LogP contribution in [0.15, 0.2) is 74.5 Å². The lowest BCUT2D eigenvalue weighted by atomic mass is 10.2. The lowest BCUT2D eigenvalue weighted by Gasteiger charge is -2.00. The number of nitrogens with zero attached hydrogens (tertiary/aromatic N) is 3. The van der Waals surface area contributed by atoms with E-state index in [4.69, 9.17) is 5.10 Å². The Morgan fingerprint density at radius 1 is 1.27 bits per heavy atom. The number of aromatic nitrogens is 2. The number of thiazole rings is 1. The highest BCUT2D eigenvalue weighted by molar-refractivity contribution is 9.10. The van der Waals surface area contributed by atoms with E-state index in [0.717, 1.165) is 31.4 Å². The Labute approximate surface area is 167 Å². The maximum atomic E-state index is 4.74. The molecule has 3 heterocycles. The Balaban J connectivity index is 1.81. The summed E-state index contributed by atoms with van der Waals surface area (Å²) in [6.07, 6.45) is 5.64. The van der Waals surface area contributed by atoms with Gasteiger partial charge < -0.3 is 4.98 Å². The van der Waals surface area contributed by atoms with Crippen LogP contribution in [0.2, 0.25) is 0 Å². The van der Waals surface area contributed by atoms with Crippen LogP contribution in [0, 0.1) is 0 Å². The molecule has 3 aromatic heterocycles. The predicted molar refractivity (Wildman–Crippen MR) is 115 cm³/mol. The topological polar surface area (TPSA) is 45.4 Å². The molecule has 0 bridgehead atoms. The van der Waals surface area contributed by atoms with Gasteiger partial charge in [-0.25, -0.2) is 4.68 Å². The lowest BCUT2D eigenvalue weighted by Crippen LogP contribution is -2.12. The number of fused-ring (bicyclic) bond motifs is 1. The minimum Gasteiger partial charge on any atom is -0.361 e. The van der Waals surface area contributed by atoms with Gasteiger partial charge in [-0.05, 0) is 29.6 Å². The first-order valence-electron chi connectivity index (χ1n) is 7.93. The number of rotatable bonds is 5. The highest BCUT2D eigenvalue weighted by atomic mass is 79.9. The molecular weight excluding hydrogens is 428 g/mol. The van der Waals surface area contributed by atoms with Crippen molar-refractivity contribution in [1.82, 2.24) is 9.66 Å². The van der Waals surface area contributed by atoms with Gasteiger partial charge in [0.1, 0.15) is 0 Å². The average Bonchev–Trinajstić information content (AvgIpc) is 3.37. The molecule has 1 aromatic carbocycles. The summed E-state index contributed by atoms with van der Waals surface area (Å²) in [7, 11) is 0. The summed E-state index contributed by atoms with van der Waals surface area (Å²) in [5.41, 5.74) is 3.16. The summed E-state index contributed by atoms with van der Waals surface area (Å²) >= 11 is 6.81. The van der Waals surface area contributed by atoms with Gasteiger partial charge in [-0.2, -0.15) is 5.10 Å². The number of aromatic amines is 1. The third kappa shape index (κ3) is 3.38. The van der Waals surface area contributed by atoms with Crippen LogP contribution in [0.3, 0.4) is 0 Å². The summed E-state index contributed by atoms with van der Waals surface area (Å²) in [6, 6.07) is 10.3. The molecule has 26 heavy (non-hydrogen) atoms. The molecule has 4 aromatic rings. The molecule has 0 fully saturated rings. The molecule has 130 valence electrons. The van der Waals surface area contributed by atoms with Crippen LogP contribution in [-0.2, 0) is 0 Å². The predicted octanol–water partition coefficient (Wildman–Crippen LogP) is 5.49. The molecule has 0 unspecified atom stereocenters. The Morgan fingerprint density at radius 3 is 3.00 bits per heavy atom. The first-order chi connectivity index (χ1) is 12.8. The molecule has 0 aliphatic rings. The summed E-state index contributed by atoms with van der Waals surface area (Å²) in [5, 5.41) is 10.0. The first-order valence-corrected chi connectivity index (χ1v) is 10.5. The smallest absolute Gasteiger partial charge is 0.206 e. The van der Waals surface area contributed by atoms with Crippen molar-refractivity contribution in [2.75, 3.05) is 6.54 Å². The molecule has 7 heteroatoms. The second kappa shape index (κ2) is 7.57. The number of hydrogen-bond acceptors (Lipinski definition) is 4. The average molecular weight is 443 g/mol. The zero-order valence-electron chi connectivity index (χ0n) is 13.7. The standard InChI is InChI=1S/C19H15BrN4S2/c1-2-7-21-19-24(17(12-26-19)18-4-3-8-25-18)23-11-13-10-22-16-6-5-14(20)9-15(13)16/h2-6,8-12,22H,1,7H2. The van der Waals surface area contributed by atoms with Crippen LogP contribution in [0.1, 0.15) is 5.56 Å². The number of nitrogens with one attached hydrogen (secondary N) is 1. The fourth-order valence-electron chi connectivity index (χ4n) is 2.60. The number of H-pyrrole nitrogens is 1. The van der Waals surface area contributed by atoms with Gasteiger partial charge in [0.25, 0.3) is 0 Å². The maximum absolute atomic E-state index is 4.74. The van der Waals surface area contributed by atoms with E-state index in [0.29, 0.717) is 6.54 Å². The van der Waals surface area contributed by atoms with Gasteiger partial charge >= 0.3 is 0 Å². The van der Waals surface area contributed by atoms with Crippen molar-refractivity contribution < 1.29 is 0 Å². The zero-order valence-corrected chi connectivity index (χ0v) is 16.9. The van der Waals surface area contributed by atoms with Crippen molar-refractivity contribution in [2.24, 2.45) is 10.1 Å². The molecular formula is C19H15BrN4S2. The number of benzene rings is 1. The van der Waals surface area contributed by atoms with Crippen molar-refractivity contribution in [1.29, 1.82) is 0 Å². The van der Waals surface area contributed by atoms with Gasteiger partial charge in [-0.3, -0.25) is 4.99 Å². The fraction of sp³-hybridized carbons (Fsp3) is 0.0526. The molecule has 1 N–H and O–H groups in total. The zero-order chi connectivity index (χ0) is 17.9. The Morgan fingerprint density at radius 2 is 2.19 bits per heavy atom. The van der Waals surface area contributed by atoms with Gasteiger partial charge in [-0.15, -0.1) is 29.3 Å². The van der Waals surface area contributed by atoms with Gasteiger partial charge in [-0.1, -0.05) is 28.1 Å². The lowest BCUT2D eigenvalue weighted by molar-refractivity contribution is 0.842. The summed E-state index contributed by atoms with van der Waals surface area (Å²) < 4.78 is 2.94. The Bertz CT molecular complexity index is 1150. The number of hydrogen-bond donors (Lipinski definition) is 1. The van der Waals surface area contributed by atoms with E-state index in [9.17, 15) is 0 Å². The molecule has 4 nitrogen and oxygen atoms in total. The summed E-state index contributed by atoms with van der Waals surface area (Å²) in [6.45, 7) is 4.32. The van der Waals surface area contributed by atoms with Crippen molar-refractivity contribution in [2.45, 2.75) is 0 Å². The molecule has 4 rings (SSSR count). The molecule has 0 spiro atoms. The first kappa shape index (κ1) is 17.2. The van der Waals surface area contributed by atoms with E-state index in [1.807, 2.05) is 29.2 Å². The van der Waals surface area contributed by atoms with E-state index in [-0.39, 0.29) is 0 Å². The monoisotopic (exact) mass is 442 g/mol. The van der Waals surface area contributed by atoms with Gasteiger partial charge in [0.05, 0.1) is 23.3 Å². The van der Waals surface area contributed by atoms with Crippen LogP contribution in [0.4, 0.5) is 0 Å². The molecule has 0 saturated carbocycles. The Hall–Kier alpha value is -2.22. The molecule has 0 saturated heterocycles. The molecule has 0 radical (unpaired) electrons. The van der Waals surface area contributed by atoms with Gasteiger partial charge in [0, 0.05) is 32.5 Å². The maximum Gasteiger partial charge on any atom is 0.206 e. The fourth-order valence-corrected chi connectivity index (χ4v) is 4.60. The summed E-state index contributed by atoms with van der Waals surface area (Å²) in [4.78, 5) is 9.87. The van der Waals surface area contributed by atoms with Crippen LogP contribution in [-0.4, -0.2) is 22.4 Å². The molecule has 0 aliphatic heterocycles.